The molecule has 4 nitrogen and oxygen atoms in total. The van der Waals surface area contributed by atoms with E-state index in [0.717, 1.165) is 29.1 Å². The zero-order valence-corrected chi connectivity index (χ0v) is 14.9. The van der Waals surface area contributed by atoms with Crippen LogP contribution in [0.15, 0.2) is 35.9 Å². The number of nitriles is 1. The third-order valence-electron chi connectivity index (χ3n) is 4.21. The van der Waals surface area contributed by atoms with E-state index in [-0.39, 0.29) is 23.3 Å². The largest absolute Gasteiger partial charge is 0.349 e. The highest BCUT2D eigenvalue weighted by atomic mass is 19.1. The first-order valence-corrected chi connectivity index (χ1v) is 8.24. The van der Waals surface area contributed by atoms with Crippen molar-refractivity contribution in [1.29, 1.82) is 5.26 Å². The van der Waals surface area contributed by atoms with E-state index in [4.69, 9.17) is 0 Å². The molecule has 1 heterocycles. The van der Waals surface area contributed by atoms with Crippen molar-refractivity contribution in [2.24, 2.45) is 0 Å². The van der Waals surface area contributed by atoms with E-state index in [0.29, 0.717) is 0 Å². The minimum absolute atomic E-state index is 0.0101. The molecule has 0 saturated heterocycles. The van der Waals surface area contributed by atoms with Crippen LogP contribution < -0.4 is 5.32 Å². The molecule has 25 heavy (non-hydrogen) atoms. The van der Waals surface area contributed by atoms with Crippen molar-refractivity contribution >= 4 is 12.0 Å². The summed E-state index contributed by atoms with van der Waals surface area (Å²) < 4.78 is 15.1. The van der Waals surface area contributed by atoms with Crippen LogP contribution in [0.4, 0.5) is 4.39 Å². The molecule has 1 aromatic heterocycles. The number of halogens is 1. The van der Waals surface area contributed by atoms with Gasteiger partial charge in [-0.15, -0.1) is 0 Å². The van der Waals surface area contributed by atoms with Crippen LogP contribution in [0.25, 0.3) is 11.8 Å². The predicted molar refractivity (Wildman–Crippen MR) is 96.7 cm³/mol. The van der Waals surface area contributed by atoms with Crippen molar-refractivity contribution in [1.82, 2.24) is 9.88 Å². The molecule has 2 aromatic rings. The lowest BCUT2D eigenvalue weighted by atomic mass is 10.1. The number of carbonyl (C=O) groups is 1. The Morgan fingerprint density at radius 3 is 2.56 bits per heavy atom. The fourth-order valence-electron chi connectivity index (χ4n) is 2.63. The van der Waals surface area contributed by atoms with Crippen LogP contribution in [-0.4, -0.2) is 16.5 Å². The molecule has 0 unspecified atom stereocenters. The summed E-state index contributed by atoms with van der Waals surface area (Å²) >= 11 is 0. The normalized spacial score (nSPS) is 12.6. The molecule has 1 N–H and O–H groups in total. The number of amides is 1. The van der Waals surface area contributed by atoms with Crippen LogP contribution in [0.3, 0.4) is 0 Å². The Morgan fingerprint density at radius 1 is 1.36 bits per heavy atom. The van der Waals surface area contributed by atoms with E-state index in [2.05, 4.69) is 5.32 Å². The number of aromatic nitrogens is 1. The summed E-state index contributed by atoms with van der Waals surface area (Å²) in [6, 6.07) is 10.1. The molecular formula is C20H22FN3O. The second-order valence-electron chi connectivity index (χ2n) is 6.09. The molecule has 1 atom stereocenters. The zero-order chi connectivity index (χ0) is 18.6. The molecule has 5 heteroatoms. The van der Waals surface area contributed by atoms with E-state index < -0.39 is 0 Å². The number of carbonyl (C=O) groups excluding carboxylic acids is 1. The average molecular weight is 339 g/mol. The number of hydrogen-bond donors (Lipinski definition) is 1. The van der Waals surface area contributed by atoms with Gasteiger partial charge < -0.3 is 9.88 Å². The molecule has 0 bridgehead atoms. The number of hydrogen-bond acceptors (Lipinski definition) is 2. The van der Waals surface area contributed by atoms with E-state index in [1.54, 1.807) is 18.2 Å². The highest BCUT2D eigenvalue weighted by Gasteiger charge is 2.14. The Kier molecular flexibility index (Phi) is 5.76. The van der Waals surface area contributed by atoms with Gasteiger partial charge in [-0.25, -0.2) is 4.39 Å². The van der Waals surface area contributed by atoms with Gasteiger partial charge in [0.2, 0.25) is 0 Å². The molecule has 0 spiro atoms. The minimum Gasteiger partial charge on any atom is -0.349 e. The molecule has 0 aliphatic heterocycles. The summed E-state index contributed by atoms with van der Waals surface area (Å²) in [7, 11) is 0. The lowest BCUT2D eigenvalue weighted by Gasteiger charge is -2.11. The average Bonchev–Trinajstić information content (AvgIpc) is 2.87. The highest BCUT2D eigenvalue weighted by Crippen LogP contribution is 2.23. The van der Waals surface area contributed by atoms with Crippen molar-refractivity contribution in [3.63, 3.8) is 0 Å². The molecule has 130 valence electrons. The van der Waals surface area contributed by atoms with Gasteiger partial charge in [0, 0.05) is 23.1 Å². The molecule has 1 amide bonds. The molecule has 0 aliphatic rings. The Hall–Kier alpha value is -2.87. The Morgan fingerprint density at radius 2 is 2.00 bits per heavy atom. The first-order chi connectivity index (χ1) is 11.9. The summed E-state index contributed by atoms with van der Waals surface area (Å²) in [6.07, 6.45) is 2.39. The Labute approximate surface area is 147 Å². The van der Waals surface area contributed by atoms with Gasteiger partial charge in [0.1, 0.15) is 17.5 Å². The molecule has 2 rings (SSSR count). The van der Waals surface area contributed by atoms with E-state index in [1.165, 1.54) is 12.1 Å². The topological polar surface area (TPSA) is 57.8 Å². The molecule has 0 aliphatic carbocycles. The zero-order valence-electron chi connectivity index (χ0n) is 14.9. The van der Waals surface area contributed by atoms with Gasteiger partial charge in [0.15, 0.2) is 0 Å². The maximum absolute atomic E-state index is 13.1. The fraction of sp³-hybridized carbons (Fsp3) is 0.300. The van der Waals surface area contributed by atoms with Crippen LogP contribution in [0, 0.1) is 31.0 Å². The summed E-state index contributed by atoms with van der Waals surface area (Å²) in [6.45, 7) is 7.70. The maximum Gasteiger partial charge on any atom is 0.262 e. The van der Waals surface area contributed by atoms with Gasteiger partial charge in [0.05, 0.1) is 0 Å². The summed E-state index contributed by atoms with van der Waals surface area (Å²) in [5, 5.41) is 12.1. The quantitative estimate of drug-likeness (QED) is 0.660. The molecule has 1 aromatic carbocycles. The number of benzene rings is 1. The first-order valence-electron chi connectivity index (χ1n) is 8.24. The summed E-state index contributed by atoms with van der Waals surface area (Å²) in [5.74, 6) is -0.664. The van der Waals surface area contributed by atoms with Crippen LogP contribution in [0.2, 0.25) is 0 Å². The summed E-state index contributed by atoms with van der Waals surface area (Å²) in [4.78, 5) is 12.2. The lowest BCUT2D eigenvalue weighted by Crippen LogP contribution is -2.32. The van der Waals surface area contributed by atoms with Crippen molar-refractivity contribution in [3.8, 4) is 11.8 Å². The number of aryl methyl sites for hydroxylation is 1. The van der Waals surface area contributed by atoms with Crippen molar-refractivity contribution in [2.75, 3.05) is 0 Å². The second-order valence-corrected chi connectivity index (χ2v) is 6.09. The third-order valence-corrected chi connectivity index (χ3v) is 4.21. The number of nitrogens with one attached hydrogen (secondary N) is 1. The maximum atomic E-state index is 13.1. The van der Waals surface area contributed by atoms with Gasteiger partial charge in [-0.05, 0) is 69.2 Å². The van der Waals surface area contributed by atoms with Gasteiger partial charge in [0.25, 0.3) is 5.91 Å². The van der Waals surface area contributed by atoms with Gasteiger partial charge >= 0.3 is 0 Å². The second kappa shape index (κ2) is 7.80. The van der Waals surface area contributed by atoms with Crippen LogP contribution >= 0.6 is 0 Å². The molecule has 0 saturated carbocycles. The van der Waals surface area contributed by atoms with Gasteiger partial charge in [-0.3, -0.25) is 4.79 Å². The van der Waals surface area contributed by atoms with Crippen LogP contribution in [0.5, 0.6) is 0 Å². The SMILES string of the molecule is CC[C@H](C)NC(=O)/C(C#N)=C/c1cc(C)n(-c2ccc(F)cc2)c1C. The van der Waals surface area contributed by atoms with Gasteiger partial charge in [-0.2, -0.15) is 5.26 Å². The van der Waals surface area contributed by atoms with Crippen molar-refractivity contribution in [3.05, 3.63) is 58.7 Å². The Balaban J connectivity index is 2.40. The third kappa shape index (κ3) is 4.16. The minimum atomic E-state index is -0.372. The van der Waals surface area contributed by atoms with E-state index in [1.807, 2.05) is 44.4 Å². The molecule has 0 fully saturated rings. The standard InChI is InChI=1S/C20H22FN3O/c1-5-13(2)23-20(25)17(12-22)11-16-10-14(3)24(15(16)4)19-8-6-18(21)7-9-19/h6-11,13H,5H2,1-4H3,(H,23,25)/b17-11+/t13-/m0/s1. The lowest BCUT2D eigenvalue weighted by molar-refractivity contribution is -0.117. The molecular weight excluding hydrogens is 317 g/mol. The smallest absolute Gasteiger partial charge is 0.262 e. The molecule has 0 radical (unpaired) electrons. The predicted octanol–water partition coefficient (Wildman–Crippen LogP) is 4.05. The number of nitrogens with zero attached hydrogens (tertiary/aromatic N) is 2. The summed E-state index contributed by atoms with van der Waals surface area (Å²) in [5.41, 5.74) is 3.51. The van der Waals surface area contributed by atoms with Crippen molar-refractivity contribution < 1.29 is 9.18 Å². The number of rotatable bonds is 5. The fourth-order valence-corrected chi connectivity index (χ4v) is 2.63. The van der Waals surface area contributed by atoms with Gasteiger partial charge in [-0.1, -0.05) is 6.92 Å². The first kappa shape index (κ1) is 18.5. The van der Waals surface area contributed by atoms with Crippen molar-refractivity contribution in [2.45, 2.75) is 40.2 Å². The monoisotopic (exact) mass is 339 g/mol. The van der Waals surface area contributed by atoms with E-state index in [9.17, 15) is 14.4 Å². The highest BCUT2D eigenvalue weighted by molar-refractivity contribution is 6.02. The Bertz CT molecular complexity index is 841. The van der Waals surface area contributed by atoms with E-state index >= 15 is 0 Å². The van der Waals surface area contributed by atoms with Crippen LogP contribution in [0.1, 0.15) is 37.2 Å². The van der Waals surface area contributed by atoms with Crippen LogP contribution in [-0.2, 0) is 4.79 Å².